The van der Waals surface area contributed by atoms with Crippen LogP contribution in [0.4, 0.5) is 4.79 Å². The highest BCUT2D eigenvalue weighted by Gasteiger charge is 2.31. The first-order chi connectivity index (χ1) is 14.0. The summed E-state index contributed by atoms with van der Waals surface area (Å²) in [4.78, 5) is 18.2. The summed E-state index contributed by atoms with van der Waals surface area (Å²) in [6, 6.07) is 4.93. The Bertz CT molecular complexity index is 986. The molecule has 1 amide bonds. The van der Waals surface area contributed by atoms with Crippen molar-refractivity contribution < 1.29 is 23.1 Å². The van der Waals surface area contributed by atoms with Crippen LogP contribution < -0.4 is 4.72 Å². The molecule has 1 heterocycles. The number of ether oxygens (including phenoxy) is 1. The van der Waals surface area contributed by atoms with Crippen LogP contribution in [0.5, 0.6) is 0 Å². The minimum absolute atomic E-state index is 0.0824. The van der Waals surface area contributed by atoms with E-state index in [4.69, 9.17) is 4.74 Å². The van der Waals surface area contributed by atoms with Gasteiger partial charge in [0, 0.05) is 40.8 Å². The van der Waals surface area contributed by atoms with Crippen molar-refractivity contribution in [2.75, 3.05) is 13.2 Å². The molecule has 0 aliphatic carbocycles. The molecule has 1 atom stereocenters. The molecule has 2 rings (SSSR count). The number of nitrogens with one attached hydrogen (secondary N) is 1. The number of fused-ring (bicyclic) bond motifs is 1. The molecule has 8 nitrogen and oxygen atoms in total. The summed E-state index contributed by atoms with van der Waals surface area (Å²) in [7, 11) is -3.99. The predicted octanol–water partition coefficient (Wildman–Crippen LogP) is 3.63. The number of hydrogen-bond donors (Lipinski definition) is 2. The SMILES string of the molecule is CCC(NS(=O)(=O)c1cccc2cncc(Br)c12)N(CCCO)C(=O)OC(C)(C)C. The van der Waals surface area contributed by atoms with Gasteiger partial charge in [-0.3, -0.25) is 9.88 Å². The van der Waals surface area contributed by atoms with Crippen molar-refractivity contribution in [3.63, 3.8) is 0 Å². The van der Waals surface area contributed by atoms with Gasteiger partial charge in [0.1, 0.15) is 5.60 Å². The third kappa shape index (κ3) is 6.13. The van der Waals surface area contributed by atoms with Crippen LogP contribution in [-0.4, -0.2) is 54.4 Å². The Kier molecular flexibility index (Phi) is 8.20. The van der Waals surface area contributed by atoms with Gasteiger partial charge in [0.2, 0.25) is 10.0 Å². The summed E-state index contributed by atoms with van der Waals surface area (Å²) >= 11 is 3.38. The number of amides is 1. The zero-order valence-electron chi connectivity index (χ0n) is 17.6. The summed E-state index contributed by atoms with van der Waals surface area (Å²) in [5, 5.41) is 10.4. The highest BCUT2D eigenvalue weighted by molar-refractivity contribution is 9.10. The maximum atomic E-state index is 13.3. The number of pyridine rings is 1. The zero-order valence-corrected chi connectivity index (χ0v) is 20.0. The molecule has 1 unspecified atom stereocenters. The van der Waals surface area contributed by atoms with E-state index in [9.17, 15) is 18.3 Å². The van der Waals surface area contributed by atoms with E-state index in [2.05, 4.69) is 25.6 Å². The Hall–Kier alpha value is -1.75. The van der Waals surface area contributed by atoms with Crippen LogP contribution in [0, 0.1) is 0 Å². The molecule has 10 heteroatoms. The fraction of sp³-hybridized carbons (Fsp3) is 0.500. The molecule has 2 aromatic rings. The lowest BCUT2D eigenvalue weighted by Crippen LogP contribution is -2.52. The molecule has 0 saturated heterocycles. The number of carbonyl (C=O) groups is 1. The number of aliphatic hydroxyl groups excluding tert-OH is 1. The Balaban J connectivity index is 2.41. The Morgan fingerprint density at radius 1 is 1.33 bits per heavy atom. The van der Waals surface area contributed by atoms with E-state index in [1.165, 1.54) is 17.2 Å². The monoisotopic (exact) mass is 501 g/mol. The quantitative estimate of drug-likeness (QED) is 0.534. The summed E-state index contributed by atoms with van der Waals surface area (Å²) in [5.74, 6) is 0. The number of aromatic nitrogens is 1. The molecule has 0 aliphatic heterocycles. The van der Waals surface area contributed by atoms with Crippen LogP contribution >= 0.6 is 15.9 Å². The summed E-state index contributed by atoms with van der Waals surface area (Å²) in [6.07, 6.45) is 2.25. The van der Waals surface area contributed by atoms with Gasteiger partial charge in [-0.05, 0) is 55.6 Å². The second-order valence-corrected chi connectivity index (χ2v) is 10.3. The van der Waals surface area contributed by atoms with Gasteiger partial charge in [-0.25, -0.2) is 13.2 Å². The number of benzene rings is 1. The van der Waals surface area contributed by atoms with Gasteiger partial charge >= 0.3 is 6.09 Å². The lowest BCUT2D eigenvalue weighted by atomic mass is 10.2. The van der Waals surface area contributed by atoms with Crippen molar-refractivity contribution in [2.24, 2.45) is 0 Å². The smallest absolute Gasteiger partial charge is 0.411 e. The first-order valence-corrected chi connectivity index (χ1v) is 11.9. The van der Waals surface area contributed by atoms with E-state index in [1.54, 1.807) is 46.0 Å². The van der Waals surface area contributed by atoms with E-state index in [-0.39, 0.29) is 18.0 Å². The number of halogens is 1. The summed E-state index contributed by atoms with van der Waals surface area (Å²) in [6.45, 7) is 7.00. The van der Waals surface area contributed by atoms with Gasteiger partial charge in [0.05, 0.1) is 11.1 Å². The summed E-state index contributed by atoms with van der Waals surface area (Å²) < 4.78 is 35.2. The average molecular weight is 502 g/mol. The van der Waals surface area contributed by atoms with Crippen molar-refractivity contribution >= 4 is 42.8 Å². The predicted molar refractivity (Wildman–Crippen MR) is 118 cm³/mol. The highest BCUT2D eigenvalue weighted by atomic mass is 79.9. The van der Waals surface area contributed by atoms with Crippen LogP contribution in [0.15, 0.2) is 40.0 Å². The molecule has 166 valence electrons. The second-order valence-electron chi connectivity index (χ2n) is 7.77. The van der Waals surface area contributed by atoms with Crippen molar-refractivity contribution in [1.82, 2.24) is 14.6 Å². The number of hydrogen-bond acceptors (Lipinski definition) is 6. The lowest BCUT2D eigenvalue weighted by molar-refractivity contribution is 0.0133. The van der Waals surface area contributed by atoms with Gasteiger partial charge in [0.25, 0.3) is 0 Å². The molecule has 0 spiro atoms. The molecule has 0 fully saturated rings. The number of aliphatic hydroxyl groups is 1. The van der Waals surface area contributed by atoms with Gasteiger partial charge in [-0.15, -0.1) is 0 Å². The Morgan fingerprint density at radius 3 is 2.63 bits per heavy atom. The Morgan fingerprint density at radius 2 is 2.03 bits per heavy atom. The van der Waals surface area contributed by atoms with E-state index in [0.29, 0.717) is 28.1 Å². The third-order valence-corrected chi connectivity index (χ3v) is 6.33. The topological polar surface area (TPSA) is 109 Å². The van der Waals surface area contributed by atoms with Crippen molar-refractivity contribution in [3.05, 3.63) is 35.1 Å². The molecule has 0 aliphatic rings. The average Bonchev–Trinajstić information content (AvgIpc) is 2.65. The normalized spacial score (nSPS) is 13.3. The molecule has 0 bridgehead atoms. The lowest BCUT2D eigenvalue weighted by Gasteiger charge is -2.33. The minimum atomic E-state index is -3.99. The molecule has 0 saturated carbocycles. The molecule has 30 heavy (non-hydrogen) atoms. The van der Waals surface area contributed by atoms with Crippen LogP contribution in [0.3, 0.4) is 0 Å². The van der Waals surface area contributed by atoms with E-state index in [1.807, 2.05) is 0 Å². The van der Waals surface area contributed by atoms with Crippen LogP contribution in [0.25, 0.3) is 10.8 Å². The number of carbonyl (C=O) groups excluding carboxylic acids is 1. The molecule has 2 N–H and O–H groups in total. The molecular formula is C20H28BrN3O5S. The largest absolute Gasteiger partial charge is 0.444 e. The molecule has 1 aromatic heterocycles. The minimum Gasteiger partial charge on any atom is -0.444 e. The van der Waals surface area contributed by atoms with E-state index >= 15 is 0 Å². The molecular weight excluding hydrogens is 474 g/mol. The first-order valence-electron chi connectivity index (χ1n) is 9.65. The highest BCUT2D eigenvalue weighted by Crippen LogP contribution is 2.29. The number of nitrogens with zero attached hydrogens (tertiary/aromatic N) is 2. The maximum Gasteiger partial charge on any atom is 0.411 e. The molecule has 0 radical (unpaired) electrons. The van der Waals surface area contributed by atoms with Gasteiger partial charge in [-0.2, -0.15) is 4.72 Å². The third-order valence-electron chi connectivity index (χ3n) is 4.23. The molecule has 1 aromatic carbocycles. The van der Waals surface area contributed by atoms with Gasteiger partial charge in [-0.1, -0.05) is 19.1 Å². The van der Waals surface area contributed by atoms with E-state index in [0.717, 1.165) is 0 Å². The van der Waals surface area contributed by atoms with Gasteiger partial charge in [0.15, 0.2) is 0 Å². The van der Waals surface area contributed by atoms with Crippen molar-refractivity contribution in [2.45, 2.75) is 57.2 Å². The first kappa shape index (κ1) is 24.5. The second kappa shape index (κ2) is 10.0. The van der Waals surface area contributed by atoms with Crippen LogP contribution in [-0.2, 0) is 14.8 Å². The zero-order chi connectivity index (χ0) is 22.5. The van der Waals surface area contributed by atoms with Crippen molar-refractivity contribution in [1.29, 1.82) is 0 Å². The summed E-state index contributed by atoms with van der Waals surface area (Å²) in [5.41, 5.74) is -0.737. The van der Waals surface area contributed by atoms with E-state index < -0.39 is 27.9 Å². The van der Waals surface area contributed by atoms with Crippen LogP contribution in [0.1, 0.15) is 40.5 Å². The number of sulfonamides is 1. The van der Waals surface area contributed by atoms with Crippen molar-refractivity contribution in [3.8, 4) is 0 Å². The standard InChI is InChI=1S/C20H28BrN3O5S/c1-5-17(24(10-7-11-25)19(26)29-20(2,3)4)23-30(27,28)16-9-6-8-14-12-22-13-15(21)18(14)16/h6,8-9,12-13,17,23,25H,5,7,10-11H2,1-4H3. The fourth-order valence-corrected chi connectivity index (χ4v) is 5.15. The maximum absolute atomic E-state index is 13.3. The van der Waals surface area contributed by atoms with Gasteiger partial charge < -0.3 is 9.84 Å². The fourth-order valence-electron chi connectivity index (χ4n) is 2.93. The Labute approximate surface area is 185 Å². The number of rotatable bonds is 8. The van der Waals surface area contributed by atoms with Crippen LogP contribution in [0.2, 0.25) is 0 Å².